The van der Waals surface area contributed by atoms with Gasteiger partial charge in [0.2, 0.25) is 0 Å². The van der Waals surface area contributed by atoms with Crippen molar-refractivity contribution in [1.82, 2.24) is 0 Å². The topological polar surface area (TPSA) is 9.23 Å². The molecule has 0 aliphatic heterocycles. The quantitative estimate of drug-likeness (QED) is 0.470. The molecule has 0 N–H and O–H groups in total. The first-order chi connectivity index (χ1) is 5.06. The monoisotopic (exact) mass is 176 g/mol. The van der Waals surface area contributed by atoms with Crippen LogP contribution in [0.15, 0.2) is 0 Å². The average Bonchev–Trinajstić information content (AvgIpc) is 1.85. The Kier molecular flexibility index (Phi) is 6.06. The van der Waals surface area contributed by atoms with Crippen LogP contribution in [-0.2, 0) is 4.74 Å². The molecule has 2 heteroatoms. The largest absolute Gasteiger partial charge is 0.374 e. The third kappa shape index (κ3) is 10.3. The summed E-state index contributed by atoms with van der Waals surface area (Å²) < 4.78 is 4.94. The van der Waals surface area contributed by atoms with E-state index >= 15 is 0 Å². The summed E-state index contributed by atoms with van der Waals surface area (Å²) in [6, 6.07) is 0. The molecule has 0 bridgehead atoms. The first kappa shape index (κ1) is 11.3. The number of hydrogen-bond donors (Lipinski definition) is 0. The standard InChI is InChI=1S/C9H20OS/c1-9(2,3)6-5-7-11-8-10-4/h5-8H2,1-4H3. The van der Waals surface area contributed by atoms with E-state index in [2.05, 4.69) is 20.8 Å². The highest BCUT2D eigenvalue weighted by Gasteiger charge is 2.08. The van der Waals surface area contributed by atoms with E-state index in [0.29, 0.717) is 5.41 Å². The van der Waals surface area contributed by atoms with Gasteiger partial charge in [-0.3, -0.25) is 0 Å². The number of methoxy groups -OCH3 is 1. The van der Waals surface area contributed by atoms with E-state index in [1.807, 2.05) is 11.8 Å². The van der Waals surface area contributed by atoms with Crippen molar-refractivity contribution in [3.05, 3.63) is 0 Å². The molecular formula is C9H20OS. The van der Waals surface area contributed by atoms with Crippen molar-refractivity contribution in [3.8, 4) is 0 Å². The summed E-state index contributed by atoms with van der Waals surface area (Å²) in [5.74, 6) is 2.06. The summed E-state index contributed by atoms with van der Waals surface area (Å²) in [4.78, 5) is 0. The molecule has 0 saturated heterocycles. The van der Waals surface area contributed by atoms with Gasteiger partial charge >= 0.3 is 0 Å². The summed E-state index contributed by atoms with van der Waals surface area (Å²) in [5, 5.41) is 0. The second kappa shape index (κ2) is 5.90. The van der Waals surface area contributed by atoms with Crippen LogP contribution in [-0.4, -0.2) is 18.8 Å². The molecule has 68 valence electrons. The Morgan fingerprint density at radius 2 is 1.91 bits per heavy atom. The normalized spacial score (nSPS) is 12.0. The minimum atomic E-state index is 0.494. The van der Waals surface area contributed by atoms with E-state index in [0.717, 1.165) is 5.94 Å². The molecule has 0 radical (unpaired) electrons. The summed E-state index contributed by atoms with van der Waals surface area (Å²) >= 11 is 1.87. The Balaban J connectivity index is 3.02. The van der Waals surface area contributed by atoms with Crippen LogP contribution in [0.4, 0.5) is 0 Å². The highest BCUT2D eigenvalue weighted by molar-refractivity contribution is 7.99. The van der Waals surface area contributed by atoms with Crippen LogP contribution in [0.5, 0.6) is 0 Å². The van der Waals surface area contributed by atoms with E-state index in [4.69, 9.17) is 4.74 Å². The second-order valence-electron chi connectivity index (χ2n) is 3.98. The highest BCUT2D eigenvalue weighted by atomic mass is 32.2. The zero-order valence-electron chi connectivity index (χ0n) is 8.14. The molecule has 0 aliphatic carbocycles. The van der Waals surface area contributed by atoms with Gasteiger partial charge in [-0.05, 0) is 24.0 Å². The van der Waals surface area contributed by atoms with Crippen LogP contribution in [0.3, 0.4) is 0 Å². The molecule has 0 aromatic carbocycles. The molecule has 0 fully saturated rings. The van der Waals surface area contributed by atoms with Gasteiger partial charge in [0.15, 0.2) is 0 Å². The van der Waals surface area contributed by atoms with Crippen LogP contribution < -0.4 is 0 Å². The Bertz CT molecular complexity index is 86.1. The van der Waals surface area contributed by atoms with Gasteiger partial charge in [-0.25, -0.2) is 0 Å². The molecule has 0 amide bonds. The van der Waals surface area contributed by atoms with Gasteiger partial charge in [-0.2, -0.15) is 0 Å². The predicted molar refractivity (Wildman–Crippen MR) is 53.0 cm³/mol. The van der Waals surface area contributed by atoms with E-state index in [1.54, 1.807) is 7.11 Å². The van der Waals surface area contributed by atoms with Gasteiger partial charge in [0, 0.05) is 7.11 Å². The molecule has 0 saturated carbocycles. The van der Waals surface area contributed by atoms with Gasteiger partial charge in [0.25, 0.3) is 0 Å². The molecule has 0 aliphatic rings. The van der Waals surface area contributed by atoms with Crippen molar-refractivity contribution in [2.24, 2.45) is 5.41 Å². The molecule has 1 nitrogen and oxygen atoms in total. The van der Waals surface area contributed by atoms with Gasteiger partial charge in [0.1, 0.15) is 0 Å². The molecule has 0 atom stereocenters. The molecule has 0 unspecified atom stereocenters. The number of ether oxygens (including phenoxy) is 1. The lowest BCUT2D eigenvalue weighted by atomic mass is 9.91. The minimum Gasteiger partial charge on any atom is -0.374 e. The van der Waals surface area contributed by atoms with Crippen LogP contribution >= 0.6 is 11.8 Å². The van der Waals surface area contributed by atoms with Gasteiger partial charge in [0.05, 0.1) is 5.94 Å². The fraction of sp³-hybridized carbons (Fsp3) is 1.00. The van der Waals surface area contributed by atoms with Gasteiger partial charge < -0.3 is 4.74 Å². The molecule has 11 heavy (non-hydrogen) atoms. The maximum Gasteiger partial charge on any atom is 0.0917 e. The van der Waals surface area contributed by atoms with Crippen LogP contribution in [0.1, 0.15) is 33.6 Å². The van der Waals surface area contributed by atoms with E-state index in [1.165, 1.54) is 18.6 Å². The maximum absolute atomic E-state index is 4.94. The SMILES string of the molecule is COCSCCCC(C)(C)C. The van der Waals surface area contributed by atoms with Crippen LogP contribution in [0.2, 0.25) is 0 Å². The Labute approximate surface area is 74.9 Å². The van der Waals surface area contributed by atoms with Crippen molar-refractivity contribution in [2.75, 3.05) is 18.8 Å². The van der Waals surface area contributed by atoms with Gasteiger partial charge in [-0.1, -0.05) is 20.8 Å². The Morgan fingerprint density at radius 1 is 1.27 bits per heavy atom. The number of hydrogen-bond acceptors (Lipinski definition) is 2. The third-order valence-electron chi connectivity index (χ3n) is 1.42. The van der Waals surface area contributed by atoms with Crippen LogP contribution in [0, 0.1) is 5.41 Å². The minimum absolute atomic E-state index is 0.494. The van der Waals surface area contributed by atoms with E-state index in [9.17, 15) is 0 Å². The van der Waals surface area contributed by atoms with Crippen LogP contribution in [0.25, 0.3) is 0 Å². The molecule has 0 aromatic heterocycles. The Morgan fingerprint density at radius 3 is 2.36 bits per heavy atom. The van der Waals surface area contributed by atoms with Gasteiger partial charge in [-0.15, -0.1) is 11.8 Å². The summed E-state index contributed by atoms with van der Waals surface area (Å²) in [5.41, 5.74) is 0.494. The first-order valence-corrected chi connectivity index (χ1v) is 5.28. The Hall–Kier alpha value is 0.310. The molecule has 0 spiro atoms. The summed E-state index contributed by atoms with van der Waals surface area (Å²) in [6.07, 6.45) is 2.61. The predicted octanol–water partition coefficient (Wildman–Crippen LogP) is 3.15. The van der Waals surface area contributed by atoms with Crippen molar-refractivity contribution in [1.29, 1.82) is 0 Å². The number of thioether (sulfide) groups is 1. The number of rotatable bonds is 5. The van der Waals surface area contributed by atoms with Crippen molar-refractivity contribution in [2.45, 2.75) is 33.6 Å². The fourth-order valence-corrected chi connectivity index (χ4v) is 1.48. The van der Waals surface area contributed by atoms with E-state index in [-0.39, 0.29) is 0 Å². The zero-order chi connectivity index (χ0) is 8.74. The smallest absolute Gasteiger partial charge is 0.0917 e. The summed E-state index contributed by atoms with van der Waals surface area (Å²) in [7, 11) is 1.75. The highest BCUT2D eigenvalue weighted by Crippen LogP contribution is 2.21. The first-order valence-electron chi connectivity index (χ1n) is 4.13. The van der Waals surface area contributed by atoms with Crippen molar-refractivity contribution < 1.29 is 4.74 Å². The molecule has 0 rings (SSSR count). The van der Waals surface area contributed by atoms with E-state index < -0.39 is 0 Å². The van der Waals surface area contributed by atoms with Crippen molar-refractivity contribution >= 4 is 11.8 Å². The third-order valence-corrected chi connectivity index (χ3v) is 2.40. The second-order valence-corrected chi connectivity index (χ2v) is 5.03. The molecule has 0 heterocycles. The lowest BCUT2D eigenvalue weighted by molar-refractivity contribution is 0.258. The van der Waals surface area contributed by atoms with Crippen molar-refractivity contribution in [3.63, 3.8) is 0 Å². The maximum atomic E-state index is 4.94. The lowest BCUT2D eigenvalue weighted by Gasteiger charge is -2.17. The average molecular weight is 176 g/mol. The zero-order valence-corrected chi connectivity index (χ0v) is 8.96. The summed E-state index contributed by atoms with van der Waals surface area (Å²) in [6.45, 7) is 6.86. The fourth-order valence-electron chi connectivity index (χ4n) is 0.847. The molecule has 0 aromatic rings. The molecular weight excluding hydrogens is 156 g/mol. The lowest BCUT2D eigenvalue weighted by Crippen LogP contribution is -2.04.